The summed E-state index contributed by atoms with van der Waals surface area (Å²) >= 11 is 0. The molecule has 0 aliphatic carbocycles. The van der Waals surface area contributed by atoms with Crippen LogP contribution in [0.15, 0.2) is 0 Å². The minimum Gasteiger partial charge on any atom is -0.480 e. The van der Waals surface area contributed by atoms with Crippen molar-refractivity contribution in [2.45, 2.75) is 0 Å². The summed E-state index contributed by atoms with van der Waals surface area (Å²) in [7, 11) is 0. The second-order valence-corrected chi connectivity index (χ2v) is 1.29. The number of aliphatic hydroxyl groups is 1. The molecule has 5 heteroatoms. The van der Waals surface area contributed by atoms with Crippen molar-refractivity contribution in [1.82, 2.24) is 5.32 Å². The van der Waals surface area contributed by atoms with E-state index in [2.05, 4.69) is 5.32 Å². The number of nitrogens with one attached hydrogen (secondary N) is 1. The summed E-state index contributed by atoms with van der Waals surface area (Å²) < 4.78 is 0. The van der Waals surface area contributed by atoms with Gasteiger partial charge in [-0.2, -0.15) is 0 Å². The molecule has 0 heterocycles. The van der Waals surface area contributed by atoms with Gasteiger partial charge in [-0.1, -0.05) is 0 Å². The molecule has 0 saturated heterocycles. The van der Waals surface area contributed by atoms with Crippen LogP contribution in [0.3, 0.4) is 0 Å². The molecule has 0 aliphatic heterocycles. The number of carbonyl (C=O) groups is 1. The molecule has 0 aromatic rings. The Morgan fingerprint density at radius 1 is 1.56 bits per heavy atom. The molecule has 0 rings (SSSR count). The zero-order valence-corrected chi connectivity index (χ0v) is 6.29. The van der Waals surface area contributed by atoms with Crippen LogP contribution in [0.2, 0.25) is 0 Å². The van der Waals surface area contributed by atoms with E-state index < -0.39 is 5.97 Å². The quantitative estimate of drug-likeness (QED) is 0.409. The molecule has 0 aliphatic rings. The maximum Gasteiger partial charge on any atom is 0.317 e. The van der Waals surface area contributed by atoms with Crippen LogP contribution in [0, 0.1) is 0 Å². The first-order chi connectivity index (χ1) is 3.77. The van der Waals surface area contributed by atoms with Crippen LogP contribution in [0.1, 0.15) is 0 Å². The van der Waals surface area contributed by atoms with Crippen LogP contribution in [-0.2, 0) is 25.2 Å². The Kier molecular flexibility index (Phi) is 10.6. The predicted molar refractivity (Wildman–Crippen MR) is 27.6 cm³/mol. The Balaban J connectivity index is 0. The second-order valence-electron chi connectivity index (χ2n) is 1.29. The normalized spacial score (nSPS) is 8.11. The standard InChI is InChI=1S/C4H9NO3.Pd/c6-2-1-5-3-4(7)8;/h5-6H,1-3H2,(H,7,8);. The van der Waals surface area contributed by atoms with Gasteiger partial charge in [-0.15, -0.1) is 0 Å². The summed E-state index contributed by atoms with van der Waals surface area (Å²) in [6.07, 6.45) is 0. The molecule has 3 N–H and O–H groups in total. The van der Waals surface area contributed by atoms with Gasteiger partial charge in [-0.05, 0) is 0 Å². The van der Waals surface area contributed by atoms with Crippen molar-refractivity contribution < 1.29 is 35.4 Å². The van der Waals surface area contributed by atoms with Gasteiger partial charge in [0.25, 0.3) is 0 Å². The minimum absolute atomic E-state index is 0. The Morgan fingerprint density at radius 3 is 2.44 bits per heavy atom. The van der Waals surface area contributed by atoms with E-state index in [0.717, 1.165) is 0 Å². The van der Waals surface area contributed by atoms with E-state index in [1.54, 1.807) is 0 Å². The first-order valence-electron chi connectivity index (χ1n) is 2.30. The Bertz CT molecular complexity index is 78.2. The van der Waals surface area contributed by atoms with Gasteiger partial charge in [-0.25, -0.2) is 0 Å². The van der Waals surface area contributed by atoms with E-state index in [0.29, 0.717) is 6.54 Å². The van der Waals surface area contributed by atoms with Gasteiger partial charge in [0, 0.05) is 27.0 Å². The van der Waals surface area contributed by atoms with E-state index in [9.17, 15) is 4.79 Å². The molecule has 0 spiro atoms. The average molecular weight is 226 g/mol. The Morgan fingerprint density at radius 2 is 2.11 bits per heavy atom. The van der Waals surface area contributed by atoms with Crippen LogP contribution in [0.5, 0.6) is 0 Å². The fourth-order valence-electron chi connectivity index (χ4n) is 0.274. The fraction of sp³-hybridized carbons (Fsp3) is 0.750. The summed E-state index contributed by atoms with van der Waals surface area (Å²) in [6, 6.07) is 0. The van der Waals surface area contributed by atoms with Crippen LogP contribution < -0.4 is 5.32 Å². The van der Waals surface area contributed by atoms with E-state index in [1.807, 2.05) is 0 Å². The predicted octanol–water partition coefficient (Wildman–Crippen LogP) is -1.35. The first kappa shape index (κ1) is 11.8. The Labute approximate surface area is 66.9 Å². The van der Waals surface area contributed by atoms with Gasteiger partial charge in [-0.3, -0.25) is 4.79 Å². The summed E-state index contributed by atoms with van der Waals surface area (Å²) in [5.41, 5.74) is 0. The molecule has 0 radical (unpaired) electrons. The average Bonchev–Trinajstić information content (AvgIpc) is 1.66. The zero-order valence-electron chi connectivity index (χ0n) is 4.74. The maximum absolute atomic E-state index is 9.73. The van der Waals surface area contributed by atoms with Crippen LogP contribution in [-0.4, -0.2) is 35.9 Å². The van der Waals surface area contributed by atoms with Crippen LogP contribution in [0.4, 0.5) is 0 Å². The molecule has 58 valence electrons. The number of aliphatic carboxylic acids is 1. The topological polar surface area (TPSA) is 69.6 Å². The minimum atomic E-state index is -0.904. The number of hydrogen-bond acceptors (Lipinski definition) is 3. The van der Waals surface area contributed by atoms with Crippen molar-refractivity contribution in [3.05, 3.63) is 0 Å². The fourth-order valence-corrected chi connectivity index (χ4v) is 0.274. The van der Waals surface area contributed by atoms with Crippen molar-refractivity contribution in [3.8, 4) is 0 Å². The summed E-state index contributed by atoms with van der Waals surface area (Å²) in [5, 5.41) is 18.6. The van der Waals surface area contributed by atoms with Gasteiger partial charge < -0.3 is 15.5 Å². The van der Waals surface area contributed by atoms with Crippen molar-refractivity contribution >= 4 is 5.97 Å². The Hall–Kier alpha value is 0.0523. The molecule has 4 nitrogen and oxygen atoms in total. The largest absolute Gasteiger partial charge is 0.480 e. The molecule has 0 unspecified atom stereocenters. The zero-order chi connectivity index (χ0) is 6.41. The molecular formula is C4H9NO3Pd. The summed E-state index contributed by atoms with van der Waals surface area (Å²) in [5.74, 6) is -0.904. The second kappa shape index (κ2) is 8.05. The third kappa shape index (κ3) is 11.6. The molecule has 9 heavy (non-hydrogen) atoms. The monoisotopic (exact) mass is 225 g/mol. The molecule has 0 fully saturated rings. The van der Waals surface area contributed by atoms with Crippen molar-refractivity contribution in [2.24, 2.45) is 0 Å². The van der Waals surface area contributed by atoms with Gasteiger partial charge in [0.1, 0.15) is 0 Å². The molecule has 0 atom stereocenters. The smallest absolute Gasteiger partial charge is 0.317 e. The number of hydrogen-bond donors (Lipinski definition) is 3. The molecule has 0 saturated carbocycles. The van der Waals surface area contributed by atoms with Crippen molar-refractivity contribution in [3.63, 3.8) is 0 Å². The van der Waals surface area contributed by atoms with Gasteiger partial charge in [0.15, 0.2) is 0 Å². The van der Waals surface area contributed by atoms with Crippen LogP contribution in [0.25, 0.3) is 0 Å². The molecular weight excluding hydrogens is 216 g/mol. The number of rotatable bonds is 4. The SMILES string of the molecule is O=C(O)CNCCO.[Pd]. The molecule has 0 bridgehead atoms. The van der Waals surface area contributed by atoms with Crippen molar-refractivity contribution in [1.29, 1.82) is 0 Å². The van der Waals surface area contributed by atoms with Crippen molar-refractivity contribution in [2.75, 3.05) is 19.7 Å². The van der Waals surface area contributed by atoms with Gasteiger partial charge in [0.05, 0.1) is 13.2 Å². The van der Waals surface area contributed by atoms with E-state index in [4.69, 9.17) is 10.2 Å². The molecule has 0 amide bonds. The van der Waals surface area contributed by atoms with Crippen LogP contribution >= 0.6 is 0 Å². The molecule has 0 aromatic carbocycles. The number of aliphatic hydroxyl groups excluding tert-OH is 1. The van der Waals surface area contributed by atoms with Gasteiger partial charge in [0.2, 0.25) is 0 Å². The first-order valence-corrected chi connectivity index (χ1v) is 2.30. The maximum atomic E-state index is 9.73. The summed E-state index contributed by atoms with van der Waals surface area (Å²) in [4.78, 5) is 9.73. The third-order valence-electron chi connectivity index (χ3n) is 0.565. The number of carboxylic acid groups (broad SMARTS) is 1. The van der Waals surface area contributed by atoms with E-state index in [-0.39, 0.29) is 33.6 Å². The van der Waals surface area contributed by atoms with Gasteiger partial charge >= 0.3 is 5.97 Å². The molecule has 0 aromatic heterocycles. The number of carboxylic acids is 1. The van der Waals surface area contributed by atoms with E-state index in [1.165, 1.54) is 0 Å². The van der Waals surface area contributed by atoms with E-state index >= 15 is 0 Å². The third-order valence-corrected chi connectivity index (χ3v) is 0.565. The summed E-state index contributed by atoms with van der Waals surface area (Å²) in [6.45, 7) is 0.236.